The molecule has 7 atom stereocenters. The first-order valence-corrected chi connectivity index (χ1v) is 9.45. The molecule has 0 bridgehead atoms. The van der Waals surface area contributed by atoms with Gasteiger partial charge in [-0.25, -0.2) is 4.39 Å². The molecule has 0 aliphatic heterocycles. The molecule has 0 radical (unpaired) electrons. The predicted molar refractivity (Wildman–Crippen MR) is 85.2 cm³/mol. The molecule has 0 amide bonds. The SMILES string of the molecule is C[C@]12CCC(=O)C(F)=C1CC[C@@H]1[C@@H]2CC[C@]2(C)C(O)CC3CC312. The highest BCUT2D eigenvalue weighted by atomic mass is 19.1. The Morgan fingerprint density at radius 2 is 1.91 bits per heavy atom. The van der Waals surface area contributed by atoms with Crippen LogP contribution in [0.2, 0.25) is 0 Å². The molecule has 3 heteroatoms. The average Bonchev–Trinajstić information content (AvgIpc) is 3.17. The Hall–Kier alpha value is -0.700. The normalized spacial score (nSPS) is 57.5. The molecule has 5 rings (SSSR count). The first-order chi connectivity index (χ1) is 10.8. The number of fused-ring (bicyclic) bond motifs is 3. The van der Waals surface area contributed by atoms with E-state index in [1.165, 1.54) is 6.42 Å². The van der Waals surface area contributed by atoms with E-state index in [4.69, 9.17) is 0 Å². The van der Waals surface area contributed by atoms with Crippen LogP contribution in [0.4, 0.5) is 4.39 Å². The van der Waals surface area contributed by atoms with Gasteiger partial charge >= 0.3 is 0 Å². The molecule has 5 aliphatic carbocycles. The summed E-state index contributed by atoms with van der Waals surface area (Å²) in [6.45, 7) is 4.55. The summed E-state index contributed by atoms with van der Waals surface area (Å²) in [5.74, 6) is 1.16. The molecule has 1 spiro atoms. The Bertz CT molecular complexity index is 640. The van der Waals surface area contributed by atoms with E-state index in [-0.39, 0.29) is 22.7 Å². The number of rotatable bonds is 0. The van der Waals surface area contributed by atoms with Crippen LogP contribution in [0.3, 0.4) is 0 Å². The summed E-state index contributed by atoms with van der Waals surface area (Å²) in [4.78, 5) is 11.8. The van der Waals surface area contributed by atoms with Gasteiger partial charge in [0, 0.05) is 6.42 Å². The molecule has 4 saturated carbocycles. The highest BCUT2D eigenvalue weighted by Crippen LogP contribution is 2.82. The van der Waals surface area contributed by atoms with Crippen LogP contribution in [0.25, 0.3) is 0 Å². The van der Waals surface area contributed by atoms with Crippen LogP contribution in [0.15, 0.2) is 11.4 Å². The van der Waals surface area contributed by atoms with E-state index in [0.717, 1.165) is 44.1 Å². The summed E-state index contributed by atoms with van der Waals surface area (Å²) in [5, 5.41) is 10.6. The highest BCUT2D eigenvalue weighted by Gasteiger charge is 2.77. The Morgan fingerprint density at radius 3 is 2.70 bits per heavy atom. The molecule has 0 aromatic carbocycles. The predicted octanol–water partition coefficient (Wildman–Crippen LogP) is 4.18. The van der Waals surface area contributed by atoms with E-state index in [2.05, 4.69) is 13.8 Å². The maximum Gasteiger partial charge on any atom is 0.191 e. The summed E-state index contributed by atoms with van der Waals surface area (Å²) >= 11 is 0. The van der Waals surface area contributed by atoms with Gasteiger partial charge in [0.2, 0.25) is 0 Å². The lowest BCUT2D eigenvalue weighted by Crippen LogP contribution is -2.54. The second kappa shape index (κ2) is 4.09. The molecule has 0 saturated heterocycles. The van der Waals surface area contributed by atoms with Crippen LogP contribution in [-0.4, -0.2) is 17.0 Å². The van der Waals surface area contributed by atoms with Crippen LogP contribution in [0, 0.1) is 34.0 Å². The van der Waals surface area contributed by atoms with Crippen molar-refractivity contribution < 1.29 is 14.3 Å². The van der Waals surface area contributed by atoms with Crippen molar-refractivity contribution in [2.45, 2.75) is 71.3 Å². The van der Waals surface area contributed by atoms with Gasteiger partial charge in [-0.15, -0.1) is 0 Å². The topological polar surface area (TPSA) is 37.3 Å². The molecule has 0 aromatic rings. The lowest BCUT2D eigenvalue weighted by Gasteiger charge is -2.59. The Balaban J connectivity index is 1.59. The molecule has 3 unspecified atom stereocenters. The largest absolute Gasteiger partial charge is 0.393 e. The Kier molecular flexibility index (Phi) is 2.60. The van der Waals surface area contributed by atoms with Gasteiger partial charge in [0.1, 0.15) is 0 Å². The second-order valence-electron chi connectivity index (χ2n) is 9.53. The number of Topliss-reactive ketones (excluding diaryl/α,β-unsaturated/α-hetero) is 1. The molecular weight excluding hydrogens is 291 g/mol. The van der Waals surface area contributed by atoms with E-state index in [9.17, 15) is 14.3 Å². The molecule has 2 nitrogen and oxygen atoms in total. The molecule has 126 valence electrons. The van der Waals surface area contributed by atoms with Gasteiger partial charge < -0.3 is 5.11 Å². The Morgan fingerprint density at radius 1 is 1.13 bits per heavy atom. The van der Waals surface area contributed by atoms with Gasteiger partial charge in [-0.3, -0.25) is 4.79 Å². The van der Waals surface area contributed by atoms with Crippen molar-refractivity contribution in [3.63, 3.8) is 0 Å². The molecule has 23 heavy (non-hydrogen) atoms. The van der Waals surface area contributed by atoms with Gasteiger partial charge in [0.25, 0.3) is 0 Å². The summed E-state index contributed by atoms with van der Waals surface area (Å²) in [6.07, 6.45) is 7.27. The van der Waals surface area contributed by atoms with Gasteiger partial charge in [-0.2, -0.15) is 0 Å². The summed E-state index contributed by atoms with van der Waals surface area (Å²) < 4.78 is 14.5. The van der Waals surface area contributed by atoms with Gasteiger partial charge in [0.05, 0.1) is 6.10 Å². The second-order valence-corrected chi connectivity index (χ2v) is 9.53. The molecule has 5 aliphatic rings. The third kappa shape index (κ3) is 1.44. The number of hydrogen-bond donors (Lipinski definition) is 1. The van der Waals surface area contributed by atoms with Crippen LogP contribution in [-0.2, 0) is 4.79 Å². The van der Waals surface area contributed by atoms with Crippen LogP contribution in [0.1, 0.15) is 65.2 Å². The van der Waals surface area contributed by atoms with Crippen LogP contribution in [0.5, 0.6) is 0 Å². The zero-order valence-electron chi connectivity index (χ0n) is 14.2. The quantitative estimate of drug-likeness (QED) is 0.727. The van der Waals surface area contributed by atoms with Crippen molar-refractivity contribution in [1.82, 2.24) is 0 Å². The van der Waals surface area contributed by atoms with E-state index < -0.39 is 5.83 Å². The zero-order chi connectivity index (χ0) is 16.2. The number of aliphatic hydroxyl groups excluding tert-OH is 1. The number of hydrogen-bond acceptors (Lipinski definition) is 2. The standard InChI is InChI=1S/C20H27FO2/c1-18-7-6-15(22)17(21)14(18)4-3-13-12(18)5-8-19(2)16(23)9-11-10-20(11,13)19/h11-13,16,23H,3-10H2,1-2H3/t11?,12-,13+,16?,18+,19+,20?/m0/s1. The number of halogens is 1. The number of carbonyl (C=O) groups excluding carboxylic acids is 1. The third-order valence-electron chi connectivity index (χ3n) is 9.18. The fourth-order valence-corrected chi connectivity index (χ4v) is 7.85. The molecule has 4 fully saturated rings. The molecule has 0 heterocycles. The minimum absolute atomic E-state index is 0.0828. The van der Waals surface area contributed by atoms with Crippen molar-refractivity contribution in [3.05, 3.63) is 11.4 Å². The zero-order valence-corrected chi connectivity index (χ0v) is 14.2. The fraction of sp³-hybridized carbons (Fsp3) is 0.850. The van der Waals surface area contributed by atoms with Crippen molar-refractivity contribution in [3.8, 4) is 0 Å². The lowest BCUT2D eigenvalue weighted by molar-refractivity contribution is -0.123. The van der Waals surface area contributed by atoms with Crippen LogP contribution < -0.4 is 0 Å². The van der Waals surface area contributed by atoms with Crippen molar-refractivity contribution in [2.75, 3.05) is 0 Å². The van der Waals surface area contributed by atoms with Crippen molar-refractivity contribution in [1.29, 1.82) is 0 Å². The first-order valence-electron chi connectivity index (χ1n) is 9.45. The first kappa shape index (κ1) is 14.6. The van der Waals surface area contributed by atoms with Crippen LogP contribution >= 0.6 is 0 Å². The minimum Gasteiger partial charge on any atom is -0.393 e. The third-order valence-corrected chi connectivity index (χ3v) is 9.18. The van der Waals surface area contributed by atoms with Gasteiger partial charge in [-0.05, 0) is 84.5 Å². The maximum absolute atomic E-state index is 14.5. The number of aliphatic hydroxyl groups is 1. The molecule has 0 aromatic heterocycles. The summed E-state index contributed by atoms with van der Waals surface area (Å²) in [6, 6.07) is 0. The Labute approximate surface area is 137 Å². The number of ketones is 1. The molecule has 1 N–H and O–H groups in total. The average molecular weight is 318 g/mol. The highest BCUT2D eigenvalue weighted by molar-refractivity contribution is 5.95. The van der Waals surface area contributed by atoms with E-state index in [0.29, 0.717) is 29.6 Å². The maximum atomic E-state index is 14.5. The van der Waals surface area contributed by atoms with E-state index in [1.54, 1.807) is 0 Å². The van der Waals surface area contributed by atoms with Crippen molar-refractivity contribution >= 4 is 5.78 Å². The smallest absolute Gasteiger partial charge is 0.191 e. The summed E-state index contributed by atoms with van der Waals surface area (Å²) in [7, 11) is 0. The van der Waals surface area contributed by atoms with Gasteiger partial charge in [0.15, 0.2) is 11.6 Å². The van der Waals surface area contributed by atoms with E-state index in [1.807, 2.05) is 0 Å². The van der Waals surface area contributed by atoms with E-state index >= 15 is 0 Å². The van der Waals surface area contributed by atoms with Gasteiger partial charge in [-0.1, -0.05) is 13.8 Å². The molecular formula is C20H27FO2. The lowest BCUT2D eigenvalue weighted by atomic mass is 9.45. The minimum atomic E-state index is -0.401. The number of carbonyl (C=O) groups is 1. The monoisotopic (exact) mass is 318 g/mol. The summed E-state index contributed by atoms with van der Waals surface area (Å²) in [5.41, 5.74) is 1.13. The number of allylic oxidation sites excluding steroid dienone is 1. The van der Waals surface area contributed by atoms with Crippen molar-refractivity contribution in [2.24, 2.45) is 34.0 Å². The fourth-order valence-electron chi connectivity index (χ4n) is 7.85.